The van der Waals surface area contributed by atoms with Crippen LogP contribution in [0.15, 0.2) is 18.2 Å². The van der Waals surface area contributed by atoms with E-state index in [2.05, 4.69) is 17.9 Å². The van der Waals surface area contributed by atoms with Gasteiger partial charge in [0.2, 0.25) is 0 Å². The van der Waals surface area contributed by atoms with Gasteiger partial charge in [0.05, 0.1) is 6.61 Å². The lowest BCUT2D eigenvalue weighted by atomic mass is 10.0. The molecule has 1 aromatic carbocycles. The van der Waals surface area contributed by atoms with Gasteiger partial charge in [-0.15, -0.1) is 0 Å². The summed E-state index contributed by atoms with van der Waals surface area (Å²) in [6, 6.07) is 6.29. The van der Waals surface area contributed by atoms with Gasteiger partial charge < -0.3 is 15.4 Å². The second kappa shape index (κ2) is 7.13. The van der Waals surface area contributed by atoms with E-state index in [1.165, 1.54) is 11.3 Å². The van der Waals surface area contributed by atoms with Crippen LogP contribution in [0, 0.1) is 0 Å². The van der Waals surface area contributed by atoms with Gasteiger partial charge in [-0.3, -0.25) is 0 Å². The molecule has 1 unspecified atom stereocenters. The van der Waals surface area contributed by atoms with Gasteiger partial charge in [0, 0.05) is 36.4 Å². The summed E-state index contributed by atoms with van der Waals surface area (Å²) in [6.45, 7) is 5.69. The quantitative estimate of drug-likeness (QED) is 0.923. The SMILES string of the molecule is CCC(N)Cc1c(Cl)cccc1N1CCCOCC1. The van der Waals surface area contributed by atoms with Gasteiger partial charge in [-0.2, -0.15) is 0 Å². The molecule has 0 amide bonds. The first kappa shape index (κ1) is 14.6. The third-order valence-corrected chi connectivity index (χ3v) is 4.00. The smallest absolute Gasteiger partial charge is 0.0641 e. The van der Waals surface area contributed by atoms with Gasteiger partial charge in [0.15, 0.2) is 0 Å². The fourth-order valence-corrected chi connectivity index (χ4v) is 2.69. The van der Waals surface area contributed by atoms with Crippen LogP contribution in [0.2, 0.25) is 5.02 Å². The minimum Gasteiger partial charge on any atom is -0.380 e. The number of hydrogen-bond acceptors (Lipinski definition) is 3. The Labute approximate surface area is 120 Å². The molecule has 1 fully saturated rings. The topological polar surface area (TPSA) is 38.5 Å². The molecule has 0 aromatic heterocycles. The molecule has 0 radical (unpaired) electrons. The molecular formula is C15H23ClN2O. The number of benzene rings is 1. The van der Waals surface area contributed by atoms with Crippen LogP contribution >= 0.6 is 11.6 Å². The number of hydrogen-bond donors (Lipinski definition) is 1. The average Bonchev–Trinajstić information content (AvgIpc) is 2.69. The fraction of sp³-hybridized carbons (Fsp3) is 0.600. The molecule has 1 saturated heterocycles. The zero-order chi connectivity index (χ0) is 13.7. The highest BCUT2D eigenvalue weighted by atomic mass is 35.5. The van der Waals surface area contributed by atoms with E-state index in [0.717, 1.165) is 50.6 Å². The van der Waals surface area contributed by atoms with Gasteiger partial charge in [-0.1, -0.05) is 24.6 Å². The van der Waals surface area contributed by atoms with Crippen molar-refractivity contribution in [1.82, 2.24) is 0 Å². The number of nitrogens with two attached hydrogens (primary N) is 1. The van der Waals surface area contributed by atoms with E-state index in [1.807, 2.05) is 12.1 Å². The molecule has 2 rings (SSSR count). The Balaban J connectivity index is 2.24. The molecule has 0 spiro atoms. The average molecular weight is 283 g/mol. The Bertz CT molecular complexity index is 403. The van der Waals surface area contributed by atoms with Crippen molar-refractivity contribution in [3.63, 3.8) is 0 Å². The number of nitrogens with zero attached hydrogens (tertiary/aromatic N) is 1. The highest BCUT2D eigenvalue weighted by Crippen LogP contribution is 2.29. The van der Waals surface area contributed by atoms with E-state index in [9.17, 15) is 0 Å². The first-order chi connectivity index (χ1) is 9.22. The summed E-state index contributed by atoms with van der Waals surface area (Å²) in [7, 11) is 0. The summed E-state index contributed by atoms with van der Waals surface area (Å²) in [6.07, 6.45) is 2.86. The minimum atomic E-state index is 0.168. The maximum atomic E-state index is 6.38. The Hall–Kier alpha value is -0.770. The van der Waals surface area contributed by atoms with Crippen LogP contribution in [0.25, 0.3) is 0 Å². The zero-order valence-corrected chi connectivity index (χ0v) is 12.3. The predicted molar refractivity (Wildman–Crippen MR) is 81.1 cm³/mol. The van der Waals surface area contributed by atoms with Gasteiger partial charge in [0.1, 0.15) is 0 Å². The normalized spacial score (nSPS) is 18.2. The van der Waals surface area contributed by atoms with Crippen LogP contribution in [0.1, 0.15) is 25.3 Å². The van der Waals surface area contributed by atoms with Crippen LogP contribution in [0.5, 0.6) is 0 Å². The van der Waals surface area contributed by atoms with Crippen molar-refractivity contribution in [3.05, 3.63) is 28.8 Å². The predicted octanol–water partition coefficient (Wildman–Crippen LogP) is 2.85. The van der Waals surface area contributed by atoms with Crippen LogP contribution in [0.3, 0.4) is 0 Å². The van der Waals surface area contributed by atoms with Crippen LogP contribution in [-0.2, 0) is 11.2 Å². The van der Waals surface area contributed by atoms with E-state index in [1.54, 1.807) is 0 Å². The van der Waals surface area contributed by atoms with E-state index in [0.29, 0.717) is 0 Å². The van der Waals surface area contributed by atoms with Gasteiger partial charge in [-0.05, 0) is 37.0 Å². The van der Waals surface area contributed by atoms with E-state index < -0.39 is 0 Å². The lowest BCUT2D eigenvalue weighted by Gasteiger charge is -2.26. The summed E-state index contributed by atoms with van der Waals surface area (Å²) in [5.74, 6) is 0. The van der Waals surface area contributed by atoms with E-state index in [4.69, 9.17) is 22.1 Å². The summed E-state index contributed by atoms with van der Waals surface area (Å²) in [4.78, 5) is 2.37. The van der Waals surface area contributed by atoms with Crippen molar-refractivity contribution < 1.29 is 4.74 Å². The monoisotopic (exact) mass is 282 g/mol. The lowest BCUT2D eigenvalue weighted by molar-refractivity contribution is 0.152. The molecule has 1 aromatic rings. The molecule has 0 bridgehead atoms. The number of rotatable bonds is 4. The molecule has 3 nitrogen and oxygen atoms in total. The Morgan fingerprint density at radius 3 is 3.00 bits per heavy atom. The summed E-state index contributed by atoms with van der Waals surface area (Å²) in [5.41, 5.74) is 8.51. The van der Waals surface area contributed by atoms with E-state index in [-0.39, 0.29) is 6.04 Å². The van der Waals surface area contributed by atoms with Gasteiger partial charge >= 0.3 is 0 Å². The summed E-state index contributed by atoms with van der Waals surface area (Å²) < 4.78 is 5.52. The highest BCUT2D eigenvalue weighted by molar-refractivity contribution is 6.31. The molecule has 2 N–H and O–H groups in total. The second-order valence-electron chi connectivity index (χ2n) is 5.06. The molecule has 0 saturated carbocycles. The van der Waals surface area contributed by atoms with Crippen LogP contribution < -0.4 is 10.6 Å². The Morgan fingerprint density at radius 1 is 1.37 bits per heavy atom. The fourth-order valence-electron chi connectivity index (χ4n) is 2.44. The van der Waals surface area contributed by atoms with Crippen molar-refractivity contribution in [2.75, 3.05) is 31.2 Å². The lowest BCUT2D eigenvalue weighted by Crippen LogP contribution is -2.29. The third kappa shape index (κ3) is 3.85. The third-order valence-electron chi connectivity index (χ3n) is 3.65. The summed E-state index contributed by atoms with van der Waals surface area (Å²) >= 11 is 6.38. The molecule has 0 aliphatic carbocycles. The van der Waals surface area contributed by atoms with Crippen LogP contribution in [-0.4, -0.2) is 32.3 Å². The van der Waals surface area contributed by atoms with E-state index >= 15 is 0 Å². The molecule has 1 atom stereocenters. The molecule has 4 heteroatoms. The number of ether oxygens (including phenoxy) is 1. The molecule has 1 aliphatic heterocycles. The largest absolute Gasteiger partial charge is 0.380 e. The number of halogens is 1. The van der Waals surface area contributed by atoms with Crippen molar-refractivity contribution in [1.29, 1.82) is 0 Å². The van der Waals surface area contributed by atoms with Crippen molar-refractivity contribution >= 4 is 17.3 Å². The van der Waals surface area contributed by atoms with Crippen molar-refractivity contribution in [3.8, 4) is 0 Å². The van der Waals surface area contributed by atoms with Gasteiger partial charge in [-0.25, -0.2) is 0 Å². The Morgan fingerprint density at radius 2 is 2.21 bits per heavy atom. The first-order valence-corrected chi connectivity index (χ1v) is 7.45. The molecular weight excluding hydrogens is 260 g/mol. The van der Waals surface area contributed by atoms with Crippen LogP contribution in [0.4, 0.5) is 5.69 Å². The molecule has 106 valence electrons. The first-order valence-electron chi connectivity index (χ1n) is 7.08. The Kier molecular flexibility index (Phi) is 5.49. The maximum absolute atomic E-state index is 6.38. The molecule has 1 aliphatic rings. The van der Waals surface area contributed by atoms with Crippen molar-refractivity contribution in [2.24, 2.45) is 5.73 Å². The zero-order valence-electron chi connectivity index (χ0n) is 11.6. The highest BCUT2D eigenvalue weighted by Gasteiger charge is 2.17. The number of anilines is 1. The standard InChI is InChI=1S/C15H23ClN2O/c1-2-12(17)11-13-14(16)5-3-6-15(13)18-7-4-9-19-10-8-18/h3,5-6,12H,2,4,7-11,17H2,1H3. The molecule has 1 heterocycles. The minimum absolute atomic E-state index is 0.168. The van der Waals surface area contributed by atoms with Crippen molar-refractivity contribution in [2.45, 2.75) is 32.2 Å². The second-order valence-corrected chi connectivity index (χ2v) is 5.47. The van der Waals surface area contributed by atoms with Gasteiger partial charge in [0.25, 0.3) is 0 Å². The summed E-state index contributed by atoms with van der Waals surface area (Å²) in [5, 5.41) is 0.826. The maximum Gasteiger partial charge on any atom is 0.0641 e. The molecule has 19 heavy (non-hydrogen) atoms.